The van der Waals surface area contributed by atoms with Crippen LogP contribution in [0.15, 0.2) is 18.2 Å². The molecule has 1 fully saturated rings. The SMILES string of the molecule is Cc1ccc(NC2CC(C(=O)O)C2)c(C)c1. The molecule has 3 nitrogen and oxygen atoms in total. The van der Waals surface area contributed by atoms with Crippen LogP contribution >= 0.6 is 0 Å². The highest BCUT2D eigenvalue weighted by molar-refractivity contribution is 5.71. The summed E-state index contributed by atoms with van der Waals surface area (Å²) < 4.78 is 0. The lowest BCUT2D eigenvalue weighted by Gasteiger charge is -2.34. The van der Waals surface area contributed by atoms with Gasteiger partial charge in [0.15, 0.2) is 0 Å². The van der Waals surface area contributed by atoms with E-state index in [9.17, 15) is 4.79 Å². The highest BCUT2D eigenvalue weighted by Gasteiger charge is 2.34. The maximum absolute atomic E-state index is 10.7. The molecule has 0 unspecified atom stereocenters. The first-order valence-electron chi connectivity index (χ1n) is 5.63. The number of anilines is 1. The minimum Gasteiger partial charge on any atom is -0.481 e. The van der Waals surface area contributed by atoms with E-state index in [-0.39, 0.29) is 5.92 Å². The molecule has 1 aliphatic rings. The standard InChI is InChI=1S/C13H17NO2/c1-8-3-4-12(9(2)5-8)14-11-6-10(7-11)13(15)16/h3-5,10-11,14H,6-7H2,1-2H3,(H,15,16). The second-order valence-electron chi connectivity index (χ2n) is 4.67. The van der Waals surface area contributed by atoms with Crippen LogP contribution in [0.4, 0.5) is 5.69 Å². The van der Waals surface area contributed by atoms with Crippen molar-refractivity contribution in [2.75, 3.05) is 5.32 Å². The number of aryl methyl sites for hydroxylation is 2. The van der Waals surface area contributed by atoms with E-state index >= 15 is 0 Å². The Bertz CT molecular complexity index is 408. The normalized spacial score (nSPS) is 23.6. The molecule has 0 atom stereocenters. The zero-order valence-electron chi connectivity index (χ0n) is 9.66. The largest absolute Gasteiger partial charge is 0.481 e. The Balaban J connectivity index is 1.94. The van der Waals surface area contributed by atoms with Crippen molar-refractivity contribution in [2.24, 2.45) is 5.92 Å². The van der Waals surface area contributed by atoms with E-state index in [2.05, 4.69) is 37.4 Å². The van der Waals surface area contributed by atoms with Crippen LogP contribution in [0.2, 0.25) is 0 Å². The van der Waals surface area contributed by atoms with Crippen molar-refractivity contribution in [1.82, 2.24) is 0 Å². The lowest BCUT2D eigenvalue weighted by molar-refractivity contribution is -0.144. The van der Waals surface area contributed by atoms with Gasteiger partial charge >= 0.3 is 5.97 Å². The van der Waals surface area contributed by atoms with E-state index in [1.807, 2.05) is 0 Å². The third-order valence-corrected chi connectivity index (χ3v) is 3.23. The molecule has 0 saturated heterocycles. The number of nitrogens with one attached hydrogen (secondary N) is 1. The Labute approximate surface area is 95.5 Å². The van der Waals surface area contributed by atoms with Gasteiger partial charge in [-0.3, -0.25) is 4.79 Å². The molecule has 1 aromatic carbocycles. The van der Waals surface area contributed by atoms with Gasteiger partial charge in [0, 0.05) is 11.7 Å². The number of aliphatic carboxylic acids is 1. The Hall–Kier alpha value is -1.51. The predicted octanol–water partition coefficient (Wildman–Crippen LogP) is 2.58. The zero-order chi connectivity index (χ0) is 11.7. The highest BCUT2D eigenvalue weighted by atomic mass is 16.4. The number of hydrogen-bond acceptors (Lipinski definition) is 2. The third-order valence-electron chi connectivity index (χ3n) is 3.23. The molecule has 1 aliphatic carbocycles. The Kier molecular flexibility index (Phi) is 2.86. The molecule has 0 spiro atoms. The maximum atomic E-state index is 10.7. The van der Waals surface area contributed by atoms with Crippen molar-refractivity contribution in [1.29, 1.82) is 0 Å². The Morgan fingerprint density at radius 1 is 1.38 bits per heavy atom. The summed E-state index contributed by atoms with van der Waals surface area (Å²) in [6.07, 6.45) is 1.48. The van der Waals surface area contributed by atoms with Gasteiger partial charge in [0.1, 0.15) is 0 Å². The Morgan fingerprint density at radius 2 is 2.06 bits per heavy atom. The molecule has 0 aromatic heterocycles. The fraction of sp³-hybridized carbons (Fsp3) is 0.462. The van der Waals surface area contributed by atoms with E-state index in [0.717, 1.165) is 18.5 Å². The molecule has 86 valence electrons. The molecular formula is C13H17NO2. The van der Waals surface area contributed by atoms with Gasteiger partial charge < -0.3 is 10.4 Å². The molecule has 1 saturated carbocycles. The number of rotatable bonds is 3. The first kappa shape index (κ1) is 11.0. The molecule has 0 bridgehead atoms. The molecule has 3 heteroatoms. The summed E-state index contributed by atoms with van der Waals surface area (Å²) in [5, 5.41) is 12.2. The van der Waals surface area contributed by atoms with Gasteiger partial charge in [-0.2, -0.15) is 0 Å². The second-order valence-corrected chi connectivity index (χ2v) is 4.67. The molecule has 0 heterocycles. The van der Waals surface area contributed by atoms with Crippen LogP contribution < -0.4 is 5.32 Å². The minimum atomic E-state index is -0.668. The monoisotopic (exact) mass is 219 g/mol. The van der Waals surface area contributed by atoms with Gasteiger partial charge in [-0.25, -0.2) is 0 Å². The predicted molar refractivity (Wildman–Crippen MR) is 63.7 cm³/mol. The van der Waals surface area contributed by atoms with Crippen LogP contribution in [0.1, 0.15) is 24.0 Å². The van der Waals surface area contributed by atoms with Crippen LogP contribution in [0.5, 0.6) is 0 Å². The average molecular weight is 219 g/mol. The third kappa shape index (κ3) is 2.18. The maximum Gasteiger partial charge on any atom is 0.306 e. The quantitative estimate of drug-likeness (QED) is 0.821. The number of hydrogen-bond donors (Lipinski definition) is 2. The fourth-order valence-corrected chi connectivity index (χ4v) is 2.13. The minimum absolute atomic E-state index is 0.150. The summed E-state index contributed by atoms with van der Waals surface area (Å²) in [5.41, 5.74) is 3.60. The van der Waals surface area contributed by atoms with Crippen molar-refractivity contribution in [3.63, 3.8) is 0 Å². The average Bonchev–Trinajstić information content (AvgIpc) is 2.12. The number of carboxylic acids is 1. The summed E-state index contributed by atoms with van der Waals surface area (Å²) in [6, 6.07) is 6.60. The van der Waals surface area contributed by atoms with E-state index in [1.165, 1.54) is 11.1 Å². The number of carboxylic acid groups (broad SMARTS) is 1. The van der Waals surface area contributed by atoms with Gasteiger partial charge in [0.2, 0.25) is 0 Å². The molecule has 0 aliphatic heterocycles. The van der Waals surface area contributed by atoms with Crippen LogP contribution in [0.25, 0.3) is 0 Å². The van der Waals surface area contributed by atoms with Crippen LogP contribution in [-0.4, -0.2) is 17.1 Å². The summed E-state index contributed by atoms with van der Waals surface area (Å²) in [7, 11) is 0. The van der Waals surface area contributed by atoms with E-state index in [0.29, 0.717) is 6.04 Å². The lowest BCUT2D eigenvalue weighted by atomic mass is 9.80. The first-order chi connectivity index (χ1) is 7.56. The van der Waals surface area contributed by atoms with Crippen molar-refractivity contribution >= 4 is 11.7 Å². The van der Waals surface area contributed by atoms with Gasteiger partial charge in [-0.05, 0) is 38.3 Å². The van der Waals surface area contributed by atoms with Crippen molar-refractivity contribution in [3.05, 3.63) is 29.3 Å². The van der Waals surface area contributed by atoms with E-state index < -0.39 is 5.97 Å². The van der Waals surface area contributed by atoms with Gasteiger partial charge in [-0.15, -0.1) is 0 Å². The molecular weight excluding hydrogens is 202 g/mol. The van der Waals surface area contributed by atoms with E-state index in [1.54, 1.807) is 0 Å². The lowest BCUT2D eigenvalue weighted by Crippen LogP contribution is -2.39. The summed E-state index contributed by atoms with van der Waals surface area (Å²) in [6.45, 7) is 4.14. The zero-order valence-corrected chi connectivity index (χ0v) is 9.66. The van der Waals surface area contributed by atoms with E-state index in [4.69, 9.17) is 5.11 Å². The van der Waals surface area contributed by atoms with Crippen molar-refractivity contribution in [3.8, 4) is 0 Å². The molecule has 16 heavy (non-hydrogen) atoms. The molecule has 1 aromatic rings. The summed E-state index contributed by atoms with van der Waals surface area (Å²) in [4.78, 5) is 10.7. The topological polar surface area (TPSA) is 49.3 Å². The summed E-state index contributed by atoms with van der Waals surface area (Å²) in [5.74, 6) is -0.818. The van der Waals surface area contributed by atoms with Gasteiger partial charge in [-0.1, -0.05) is 17.7 Å². The highest BCUT2D eigenvalue weighted by Crippen LogP contribution is 2.31. The number of carbonyl (C=O) groups is 1. The molecule has 0 amide bonds. The van der Waals surface area contributed by atoms with Crippen LogP contribution in [0.3, 0.4) is 0 Å². The van der Waals surface area contributed by atoms with Crippen molar-refractivity contribution < 1.29 is 9.90 Å². The molecule has 2 N–H and O–H groups in total. The molecule has 0 radical (unpaired) electrons. The van der Waals surface area contributed by atoms with Crippen LogP contribution in [-0.2, 0) is 4.79 Å². The summed E-state index contributed by atoms with van der Waals surface area (Å²) >= 11 is 0. The Morgan fingerprint density at radius 3 is 2.62 bits per heavy atom. The van der Waals surface area contributed by atoms with Crippen LogP contribution in [0, 0.1) is 19.8 Å². The van der Waals surface area contributed by atoms with Gasteiger partial charge in [0.05, 0.1) is 5.92 Å². The van der Waals surface area contributed by atoms with Crippen molar-refractivity contribution in [2.45, 2.75) is 32.7 Å². The molecule has 2 rings (SSSR count). The van der Waals surface area contributed by atoms with Gasteiger partial charge in [0.25, 0.3) is 0 Å². The number of benzene rings is 1. The fourth-order valence-electron chi connectivity index (χ4n) is 2.13. The smallest absolute Gasteiger partial charge is 0.306 e. The first-order valence-corrected chi connectivity index (χ1v) is 5.63. The second kappa shape index (κ2) is 4.16.